The van der Waals surface area contributed by atoms with Crippen molar-refractivity contribution in [1.82, 2.24) is 19.5 Å². The fourth-order valence-electron chi connectivity index (χ4n) is 9.41. The molecular weight excluding hydrogens is 773 g/mol. The molecule has 288 valence electrons. The van der Waals surface area contributed by atoms with Gasteiger partial charge in [0.1, 0.15) is 0 Å². The molecule has 4 nitrogen and oxygen atoms in total. The fraction of sp³-hybridized carbons (Fsp3) is 0. The molecule has 13 rings (SSSR count). The molecule has 0 atom stereocenters. The number of thiophene rings is 1. The van der Waals surface area contributed by atoms with Crippen molar-refractivity contribution in [1.29, 1.82) is 0 Å². The van der Waals surface area contributed by atoms with Gasteiger partial charge in [-0.25, -0.2) is 15.0 Å². The van der Waals surface area contributed by atoms with Gasteiger partial charge < -0.3 is 4.57 Å². The lowest BCUT2D eigenvalue weighted by molar-refractivity contribution is 1.08. The van der Waals surface area contributed by atoms with Crippen LogP contribution in [-0.2, 0) is 0 Å². The lowest BCUT2D eigenvalue weighted by atomic mass is 10.0. The summed E-state index contributed by atoms with van der Waals surface area (Å²) in [5.74, 6) is 1.92. The number of nitrogens with zero attached hydrogens (tertiary/aromatic N) is 4. The zero-order valence-corrected chi connectivity index (χ0v) is 34.1. The van der Waals surface area contributed by atoms with Crippen LogP contribution in [-0.4, -0.2) is 19.5 Å². The summed E-state index contributed by atoms with van der Waals surface area (Å²) in [5.41, 5.74) is 8.70. The Morgan fingerprint density at radius 2 is 0.935 bits per heavy atom. The van der Waals surface area contributed by atoms with Gasteiger partial charge in [0.15, 0.2) is 17.5 Å². The Labute approximate surface area is 360 Å². The molecule has 0 unspecified atom stereocenters. The molecule has 0 saturated carbocycles. The summed E-state index contributed by atoms with van der Waals surface area (Å²) >= 11 is 1.80. The molecule has 0 radical (unpaired) electrons. The molecule has 13 aromatic rings. The molecule has 0 amide bonds. The lowest BCUT2D eigenvalue weighted by Gasteiger charge is -2.15. The van der Waals surface area contributed by atoms with Crippen LogP contribution >= 0.6 is 11.3 Å². The molecule has 3 heterocycles. The van der Waals surface area contributed by atoms with Crippen LogP contribution in [0.15, 0.2) is 206 Å². The first-order chi connectivity index (χ1) is 30.7. The molecule has 0 N–H and O–H groups in total. The smallest absolute Gasteiger partial charge is 0.165 e. The third-order valence-corrected chi connectivity index (χ3v) is 13.6. The van der Waals surface area contributed by atoms with Gasteiger partial charge in [-0.1, -0.05) is 170 Å². The second-order valence-corrected chi connectivity index (χ2v) is 17.0. The summed E-state index contributed by atoms with van der Waals surface area (Å²) in [6, 6.07) is 73.9. The van der Waals surface area contributed by atoms with Gasteiger partial charge in [-0.2, -0.15) is 0 Å². The second-order valence-electron chi connectivity index (χ2n) is 16.0. The van der Waals surface area contributed by atoms with E-state index in [9.17, 15) is 0 Å². The van der Waals surface area contributed by atoms with Crippen LogP contribution in [0, 0.1) is 0 Å². The average Bonchev–Trinajstić information content (AvgIpc) is 3.89. The Morgan fingerprint density at radius 3 is 1.74 bits per heavy atom. The second kappa shape index (κ2) is 13.8. The summed E-state index contributed by atoms with van der Waals surface area (Å²) in [6.07, 6.45) is 0. The van der Waals surface area contributed by atoms with Crippen molar-refractivity contribution in [2.75, 3.05) is 0 Å². The minimum Gasteiger partial charge on any atom is -0.308 e. The summed E-state index contributed by atoms with van der Waals surface area (Å²) in [4.78, 5) is 15.9. The summed E-state index contributed by atoms with van der Waals surface area (Å²) < 4.78 is 4.87. The van der Waals surface area contributed by atoms with Crippen molar-refractivity contribution < 1.29 is 0 Å². The molecule has 0 aliphatic heterocycles. The van der Waals surface area contributed by atoms with Crippen molar-refractivity contribution in [3.63, 3.8) is 0 Å². The molecule has 10 aromatic carbocycles. The van der Waals surface area contributed by atoms with Crippen molar-refractivity contribution >= 4 is 85.6 Å². The normalized spacial score (nSPS) is 11.9. The molecule has 0 aliphatic rings. The highest BCUT2D eigenvalue weighted by Gasteiger charge is 2.23. The number of benzene rings is 10. The van der Waals surface area contributed by atoms with Crippen LogP contribution in [0.5, 0.6) is 0 Å². The van der Waals surface area contributed by atoms with E-state index in [1.807, 2.05) is 6.07 Å². The van der Waals surface area contributed by atoms with Crippen LogP contribution in [0.2, 0.25) is 0 Å². The molecule has 0 aliphatic carbocycles. The zero-order chi connectivity index (χ0) is 40.7. The van der Waals surface area contributed by atoms with E-state index in [2.05, 4.69) is 205 Å². The highest BCUT2D eigenvalue weighted by molar-refractivity contribution is 7.26. The Balaban J connectivity index is 1.09. The first kappa shape index (κ1) is 34.8. The average molecular weight is 807 g/mol. The first-order valence-corrected chi connectivity index (χ1v) is 21.7. The van der Waals surface area contributed by atoms with E-state index in [-0.39, 0.29) is 0 Å². The molecule has 0 saturated heterocycles. The standard InChI is InChI=1S/C57H34N4S/c1-2-12-35(13-3-1)37-22-25-39(26-23-37)55-58-56(43-27-24-36-14-4-5-16-40(36)32-43)60-57(59-55)47-30-31-49(52-46-20-10-11-21-51(46)62-54(47)52)61-50-34-42-18-7-6-17-41(42)33-48(50)45-29-28-38-15-8-9-19-44(38)53(45)61/h1-34H. The maximum atomic E-state index is 5.34. The molecule has 62 heavy (non-hydrogen) atoms. The molecular formula is C57H34N4S. The van der Waals surface area contributed by atoms with Crippen molar-refractivity contribution in [2.24, 2.45) is 0 Å². The van der Waals surface area contributed by atoms with E-state index < -0.39 is 0 Å². The first-order valence-electron chi connectivity index (χ1n) is 20.9. The third kappa shape index (κ3) is 5.49. The third-order valence-electron chi connectivity index (χ3n) is 12.4. The lowest BCUT2D eigenvalue weighted by Crippen LogP contribution is -2.01. The zero-order valence-electron chi connectivity index (χ0n) is 33.3. The quantitative estimate of drug-likeness (QED) is 0.174. The van der Waals surface area contributed by atoms with Gasteiger partial charge in [0.05, 0.1) is 16.7 Å². The van der Waals surface area contributed by atoms with E-state index in [1.165, 1.54) is 69.8 Å². The fourth-order valence-corrected chi connectivity index (χ4v) is 10.6. The van der Waals surface area contributed by atoms with Gasteiger partial charge in [0.2, 0.25) is 0 Å². The van der Waals surface area contributed by atoms with E-state index in [0.29, 0.717) is 17.5 Å². The molecule has 3 aromatic heterocycles. The van der Waals surface area contributed by atoms with Crippen molar-refractivity contribution in [3.8, 4) is 51.0 Å². The number of fused-ring (bicyclic) bond motifs is 10. The van der Waals surface area contributed by atoms with E-state index >= 15 is 0 Å². The van der Waals surface area contributed by atoms with Crippen LogP contribution in [0.1, 0.15) is 0 Å². The summed E-state index contributed by atoms with van der Waals surface area (Å²) in [6.45, 7) is 0. The molecule has 0 bridgehead atoms. The van der Waals surface area contributed by atoms with Crippen LogP contribution < -0.4 is 0 Å². The van der Waals surface area contributed by atoms with E-state index in [1.54, 1.807) is 11.3 Å². The van der Waals surface area contributed by atoms with Crippen LogP contribution in [0.25, 0.3) is 125 Å². The van der Waals surface area contributed by atoms with Gasteiger partial charge in [0.25, 0.3) is 0 Å². The minimum atomic E-state index is 0.636. The van der Waals surface area contributed by atoms with Gasteiger partial charge in [0, 0.05) is 53.0 Å². The number of rotatable bonds is 5. The molecule has 0 spiro atoms. The molecule has 5 heteroatoms. The minimum absolute atomic E-state index is 0.636. The Hall–Kier alpha value is -7.99. The number of hydrogen-bond acceptors (Lipinski definition) is 4. The highest BCUT2D eigenvalue weighted by atomic mass is 32.1. The Kier molecular flexibility index (Phi) is 7.74. The van der Waals surface area contributed by atoms with E-state index in [0.717, 1.165) is 38.0 Å². The Bertz CT molecular complexity index is 3920. The van der Waals surface area contributed by atoms with Gasteiger partial charge in [-0.05, 0) is 74.5 Å². The largest absolute Gasteiger partial charge is 0.308 e. The van der Waals surface area contributed by atoms with Gasteiger partial charge >= 0.3 is 0 Å². The maximum absolute atomic E-state index is 5.34. The van der Waals surface area contributed by atoms with Crippen LogP contribution in [0.4, 0.5) is 0 Å². The summed E-state index contributed by atoms with van der Waals surface area (Å²) in [7, 11) is 0. The van der Waals surface area contributed by atoms with Crippen molar-refractivity contribution in [2.45, 2.75) is 0 Å². The Morgan fingerprint density at radius 1 is 0.355 bits per heavy atom. The van der Waals surface area contributed by atoms with Gasteiger partial charge in [-0.15, -0.1) is 11.3 Å². The van der Waals surface area contributed by atoms with Crippen molar-refractivity contribution in [3.05, 3.63) is 206 Å². The predicted octanol–water partition coefficient (Wildman–Crippen LogP) is 15.5. The van der Waals surface area contributed by atoms with Gasteiger partial charge in [-0.3, -0.25) is 0 Å². The number of hydrogen-bond donors (Lipinski definition) is 0. The molecule has 0 fully saturated rings. The topological polar surface area (TPSA) is 43.6 Å². The highest BCUT2D eigenvalue weighted by Crippen LogP contribution is 2.46. The van der Waals surface area contributed by atoms with Crippen LogP contribution in [0.3, 0.4) is 0 Å². The maximum Gasteiger partial charge on any atom is 0.165 e. The van der Waals surface area contributed by atoms with E-state index in [4.69, 9.17) is 15.0 Å². The summed E-state index contributed by atoms with van der Waals surface area (Å²) in [5, 5.41) is 12.1. The predicted molar refractivity (Wildman–Crippen MR) is 261 cm³/mol. The number of aromatic nitrogens is 4. The monoisotopic (exact) mass is 806 g/mol. The SMILES string of the molecule is c1ccc(-c2ccc(-c3nc(-c4ccc5ccccc5c4)nc(-c4ccc(-n5c6cc7ccccc7cc6c6ccc7ccccc7c65)c5c4sc4ccccc45)n3)cc2)cc1.